The second-order valence-corrected chi connectivity index (χ2v) is 7.30. The maximum absolute atomic E-state index is 12.6. The van der Waals surface area contributed by atoms with Crippen LogP contribution >= 0.6 is 11.6 Å². The van der Waals surface area contributed by atoms with Crippen molar-refractivity contribution in [2.24, 2.45) is 0 Å². The van der Waals surface area contributed by atoms with E-state index < -0.39 is 10.0 Å². The fourth-order valence-corrected chi connectivity index (χ4v) is 4.07. The number of methoxy groups -OCH3 is 1. The highest BCUT2D eigenvalue weighted by molar-refractivity contribution is 7.89. The average molecular weight is 319 g/mol. The van der Waals surface area contributed by atoms with E-state index in [-0.39, 0.29) is 16.7 Å². The van der Waals surface area contributed by atoms with Gasteiger partial charge in [0.2, 0.25) is 10.0 Å². The van der Waals surface area contributed by atoms with Crippen molar-refractivity contribution < 1.29 is 13.2 Å². The number of piperidine rings is 1. The summed E-state index contributed by atoms with van der Waals surface area (Å²) in [5.41, 5.74) is 6.71. The van der Waals surface area contributed by atoms with Crippen LogP contribution in [0.2, 0.25) is 5.02 Å². The number of benzene rings is 1. The minimum atomic E-state index is -3.52. The zero-order chi connectivity index (χ0) is 14.9. The normalized spacial score (nSPS) is 18.4. The number of rotatable bonds is 3. The SMILES string of the molecule is COC1CCN(S(=O)(=O)c2cc(C)c(Cl)c(N)c2)CC1. The lowest BCUT2D eigenvalue weighted by molar-refractivity contribution is 0.0604. The van der Waals surface area contributed by atoms with Crippen LogP contribution in [0, 0.1) is 6.92 Å². The van der Waals surface area contributed by atoms with Gasteiger partial charge in [0.25, 0.3) is 0 Å². The van der Waals surface area contributed by atoms with E-state index in [0.29, 0.717) is 36.5 Å². The first kappa shape index (κ1) is 15.6. The molecule has 0 spiro atoms. The number of nitrogens with zero attached hydrogens (tertiary/aromatic N) is 1. The second-order valence-electron chi connectivity index (χ2n) is 4.98. The lowest BCUT2D eigenvalue weighted by Gasteiger charge is -2.30. The summed E-state index contributed by atoms with van der Waals surface area (Å²) in [5.74, 6) is 0. The number of hydrogen-bond acceptors (Lipinski definition) is 4. The Hall–Kier alpha value is -0.820. The van der Waals surface area contributed by atoms with Crippen LogP contribution < -0.4 is 5.73 Å². The van der Waals surface area contributed by atoms with Crippen LogP contribution in [0.15, 0.2) is 17.0 Å². The molecular formula is C13H19ClN2O3S. The highest BCUT2D eigenvalue weighted by atomic mass is 35.5. The summed E-state index contributed by atoms with van der Waals surface area (Å²) < 4.78 is 31.9. The quantitative estimate of drug-likeness (QED) is 0.865. The standard InChI is InChI=1S/C13H19ClN2O3S/c1-9-7-11(8-12(15)13(9)14)20(17,18)16-5-3-10(19-2)4-6-16/h7-8,10H,3-6,15H2,1-2H3. The first-order valence-electron chi connectivity index (χ1n) is 6.45. The first-order chi connectivity index (χ1) is 9.36. The minimum absolute atomic E-state index is 0.137. The van der Waals surface area contributed by atoms with E-state index in [1.54, 1.807) is 20.1 Å². The number of nitrogen functional groups attached to an aromatic ring is 1. The second kappa shape index (κ2) is 5.89. The third-order valence-corrected chi connectivity index (χ3v) is 6.02. The van der Waals surface area contributed by atoms with E-state index in [9.17, 15) is 8.42 Å². The molecular weight excluding hydrogens is 300 g/mol. The van der Waals surface area contributed by atoms with Crippen molar-refractivity contribution in [3.8, 4) is 0 Å². The summed E-state index contributed by atoms with van der Waals surface area (Å²) >= 11 is 5.97. The van der Waals surface area contributed by atoms with Gasteiger partial charge < -0.3 is 10.5 Å². The molecule has 0 saturated carbocycles. The van der Waals surface area contributed by atoms with Crippen LogP contribution in [0.4, 0.5) is 5.69 Å². The molecule has 1 aromatic carbocycles. The smallest absolute Gasteiger partial charge is 0.243 e. The van der Waals surface area contributed by atoms with Gasteiger partial charge in [-0.05, 0) is 37.5 Å². The van der Waals surface area contributed by atoms with Gasteiger partial charge >= 0.3 is 0 Å². The van der Waals surface area contributed by atoms with Gasteiger partial charge in [0.05, 0.1) is 21.7 Å². The van der Waals surface area contributed by atoms with Crippen molar-refractivity contribution in [3.63, 3.8) is 0 Å². The Morgan fingerprint density at radius 1 is 1.35 bits per heavy atom. The van der Waals surface area contributed by atoms with E-state index in [1.165, 1.54) is 10.4 Å². The van der Waals surface area contributed by atoms with Crippen molar-refractivity contribution in [1.82, 2.24) is 4.31 Å². The predicted molar refractivity (Wildman–Crippen MR) is 79.4 cm³/mol. The van der Waals surface area contributed by atoms with Gasteiger partial charge in [0.1, 0.15) is 0 Å². The number of halogens is 1. The summed E-state index contributed by atoms with van der Waals surface area (Å²) in [7, 11) is -1.87. The molecule has 5 nitrogen and oxygen atoms in total. The topological polar surface area (TPSA) is 72.6 Å². The summed E-state index contributed by atoms with van der Waals surface area (Å²) in [5, 5.41) is 0.405. The predicted octanol–water partition coefficient (Wildman–Crippen LogP) is 2.03. The zero-order valence-electron chi connectivity index (χ0n) is 11.6. The largest absolute Gasteiger partial charge is 0.397 e. The fraction of sp³-hybridized carbons (Fsp3) is 0.538. The van der Waals surface area contributed by atoms with Crippen LogP contribution in [-0.2, 0) is 14.8 Å². The molecule has 20 heavy (non-hydrogen) atoms. The summed E-state index contributed by atoms with van der Waals surface area (Å²) in [4.78, 5) is 0.202. The fourth-order valence-electron chi connectivity index (χ4n) is 2.37. The third-order valence-electron chi connectivity index (χ3n) is 3.63. The highest BCUT2D eigenvalue weighted by Gasteiger charge is 2.29. The molecule has 7 heteroatoms. The van der Waals surface area contributed by atoms with Gasteiger partial charge in [-0.15, -0.1) is 0 Å². The van der Waals surface area contributed by atoms with Gasteiger partial charge in [-0.1, -0.05) is 11.6 Å². The van der Waals surface area contributed by atoms with Gasteiger partial charge in [0, 0.05) is 20.2 Å². The van der Waals surface area contributed by atoms with Crippen LogP contribution in [0.1, 0.15) is 18.4 Å². The lowest BCUT2D eigenvalue weighted by Crippen LogP contribution is -2.40. The monoisotopic (exact) mass is 318 g/mol. The molecule has 1 aliphatic heterocycles. The summed E-state index contributed by atoms with van der Waals surface area (Å²) in [6.45, 7) is 2.67. The number of hydrogen-bond donors (Lipinski definition) is 1. The van der Waals surface area contributed by atoms with Crippen molar-refractivity contribution in [1.29, 1.82) is 0 Å². The van der Waals surface area contributed by atoms with Gasteiger partial charge in [-0.25, -0.2) is 8.42 Å². The zero-order valence-corrected chi connectivity index (χ0v) is 13.2. The molecule has 1 aromatic rings. The molecule has 112 valence electrons. The van der Waals surface area contributed by atoms with Crippen molar-refractivity contribution in [2.75, 3.05) is 25.9 Å². The molecule has 1 fully saturated rings. The maximum Gasteiger partial charge on any atom is 0.243 e. The van der Waals surface area contributed by atoms with Crippen LogP contribution in [0.25, 0.3) is 0 Å². The van der Waals surface area contributed by atoms with Crippen LogP contribution in [0.5, 0.6) is 0 Å². The lowest BCUT2D eigenvalue weighted by atomic mass is 10.1. The van der Waals surface area contributed by atoms with Crippen molar-refractivity contribution in [3.05, 3.63) is 22.7 Å². The summed E-state index contributed by atoms with van der Waals surface area (Å²) in [6, 6.07) is 2.99. The number of aryl methyl sites for hydroxylation is 1. The van der Waals surface area contributed by atoms with E-state index >= 15 is 0 Å². The Kier molecular flexibility index (Phi) is 4.59. The van der Waals surface area contributed by atoms with Gasteiger partial charge in [-0.2, -0.15) is 4.31 Å². The van der Waals surface area contributed by atoms with E-state index in [1.807, 2.05) is 0 Å². The Morgan fingerprint density at radius 2 is 1.95 bits per heavy atom. The molecule has 1 aliphatic rings. The first-order valence-corrected chi connectivity index (χ1v) is 8.26. The Labute approximate surface area is 124 Å². The Balaban J connectivity index is 2.27. The molecule has 0 radical (unpaired) electrons. The van der Waals surface area contributed by atoms with Crippen LogP contribution in [0.3, 0.4) is 0 Å². The molecule has 1 heterocycles. The molecule has 0 bridgehead atoms. The number of ether oxygens (including phenoxy) is 1. The third kappa shape index (κ3) is 2.93. The number of sulfonamides is 1. The highest BCUT2D eigenvalue weighted by Crippen LogP contribution is 2.29. The summed E-state index contributed by atoms with van der Waals surface area (Å²) in [6.07, 6.45) is 1.55. The molecule has 1 saturated heterocycles. The average Bonchev–Trinajstić information content (AvgIpc) is 2.44. The molecule has 0 aromatic heterocycles. The molecule has 2 N–H and O–H groups in total. The van der Waals surface area contributed by atoms with Crippen molar-refractivity contribution >= 4 is 27.3 Å². The van der Waals surface area contributed by atoms with Crippen LogP contribution in [-0.4, -0.2) is 39.0 Å². The minimum Gasteiger partial charge on any atom is -0.397 e. The number of nitrogens with two attached hydrogens (primary N) is 1. The Morgan fingerprint density at radius 3 is 2.45 bits per heavy atom. The van der Waals surface area contributed by atoms with E-state index in [4.69, 9.17) is 22.1 Å². The molecule has 0 atom stereocenters. The Bertz CT molecular complexity index is 573. The molecule has 0 amide bonds. The molecule has 0 aliphatic carbocycles. The molecule has 2 rings (SSSR count). The molecule has 0 unspecified atom stereocenters. The van der Waals surface area contributed by atoms with E-state index in [2.05, 4.69) is 0 Å². The van der Waals surface area contributed by atoms with E-state index in [0.717, 1.165) is 0 Å². The number of anilines is 1. The maximum atomic E-state index is 12.6. The van der Waals surface area contributed by atoms with Gasteiger partial charge in [0.15, 0.2) is 0 Å². The van der Waals surface area contributed by atoms with Gasteiger partial charge in [-0.3, -0.25) is 0 Å². The van der Waals surface area contributed by atoms with Crippen molar-refractivity contribution in [2.45, 2.75) is 30.8 Å².